The maximum absolute atomic E-state index is 8.35. The lowest BCUT2D eigenvalue weighted by atomic mass is 10.1. The lowest BCUT2D eigenvalue weighted by molar-refractivity contribution is 0.562. The zero-order chi connectivity index (χ0) is 11.4. The number of hydrogen-bond donors (Lipinski definition) is 2. The van der Waals surface area contributed by atoms with Gasteiger partial charge in [0, 0.05) is 0 Å². The van der Waals surface area contributed by atoms with Gasteiger partial charge in [0.2, 0.25) is 12.2 Å². The number of carbonyl (C=O) groups excluding carboxylic acids is 2. The van der Waals surface area contributed by atoms with Crippen LogP contribution in [0.25, 0.3) is 0 Å². The third kappa shape index (κ3) is 9.98. The Morgan fingerprint density at radius 3 is 1.29 bits per heavy atom. The second kappa shape index (κ2) is 11.0. The van der Waals surface area contributed by atoms with Crippen LogP contribution in [0.15, 0.2) is 24.3 Å². The third-order valence-corrected chi connectivity index (χ3v) is 1.43. The van der Waals surface area contributed by atoms with Crippen LogP contribution in [-0.2, 0) is 9.59 Å². The third-order valence-electron chi connectivity index (χ3n) is 1.43. The van der Waals surface area contributed by atoms with Gasteiger partial charge in [-0.25, -0.2) is 20.4 Å². The summed E-state index contributed by atoms with van der Waals surface area (Å²) in [6, 6.07) is 8.36. The SMILES string of the molecule is Cc1ccccc1C.N=C=O.N=C=O. The summed E-state index contributed by atoms with van der Waals surface area (Å²) in [7, 11) is 0. The van der Waals surface area contributed by atoms with Crippen molar-refractivity contribution in [2.45, 2.75) is 13.8 Å². The second-order valence-corrected chi connectivity index (χ2v) is 2.29. The van der Waals surface area contributed by atoms with Crippen LogP contribution in [0.1, 0.15) is 11.1 Å². The average molecular weight is 192 g/mol. The molecule has 2 N–H and O–H groups in total. The van der Waals surface area contributed by atoms with Crippen LogP contribution < -0.4 is 0 Å². The standard InChI is InChI=1S/C8H10.2CHNO/c1-7-5-3-4-6-8(7)2;2*2-1-3/h3-6H,1-2H3;2*2H. The van der Waals surface area contributed by atoms with Gasteiger partial charge in [-0.05, 0) is 25.0 Å². The molecule has 0 saturated carbocycles. The van der Waals surface area contributed by atoms with E-state index < -0.39 is 0 Å². The molecule has 1 aromatic carbocycles. The highest BCUT2D eigenvalue weighted by Gasteiger charge is 1.83. The average Bonchev–Trinajstić information content (AvgIpc) is 2.13. The number of aryl methyl sites for hydroxylation is 2. The van der Waals surface area contributed by atoms with Crippen molar-refractivity contribution in [2.75, 3.05) is 0 Å². The van der Waals surface area contributed by atoms with Crippen molar-refractivity contribution < 1.29 is 9.59 Å². The Morgan fingerprint density at radius 2 is 1.14 bits per heavy atom. The molecule has 0 saturated heterocycles. The molecule has 0 bridgehead atoms. The summed E-state index contributed by atoms with van der Waals surface area (Å²) >= 11 is 0. The Kier molecular flexibility index (Phi) is 11.4. The summed E-state index contributed by atoms with van der Waals surface area (Å²) in [6.45, 7) is 4.24. The summed E-state index contributed by atoms with van der Waals surface area (Å²) in [5.41, 5.74) is 2.74. The van der Waals surface area contributed by atoms with Gasteiger partial charge in [-0.3, -0.25) is 0 Å². The number of isocyanates is 2. The molecule has 74 valence electrons. The first kappa shape index (κ1) is 14.5. The van der Waals surface area contributed by atoms with Crippen molar-refractivity contribution in [3.05, 3.63) is 35.4 Å². The van der Waals surface area contributed by atoms with Crippen LogP contribution in [0.2, 0.25) is 0 Å². The Morgan fingerprint density at radius 1 is 0.929 bits per heavy atom. The van der Waals surface area contributed by atoms with E-state index in [1.54, 1.807) is 0 Å². The topological polar surface area (TPSA) is 81.8 Å². The van der Waals surface area contributed by atoms with E-state index in [0.717, 1.165) is 12.2 Å². The van der Waals surface area contributed by atoms with Gasteiger partial charge < -0.3 is 0 Å². The monoisotopic (exact) mass is 192 g/mol. The number of nitrogens with one attached hydrogen (secondary N) is 2. The predicted octanol–water partition coefficient (Wildman–Crippen LogP) is 2.11. The van der Waals surface area contributed by atoms with E-state index in [4.69, 9.17) is 20.4 Å². The highest BCUT2D eigenvalue weighted by Crippen LogP contribution is 2.02. The molecule has 0 fully saturated rings. The molecule has 0 heterocycles. The van der Waals surface area contributed by atoms with Gasteiger partial charge >= 0.3 is 0 Å². The molecule has 14 heavy (non-hydrogen) atoms. The summed E-state index contributed by atoms with van der Waals surface area (Å²) in [4.78, 5) is 16.7. The number of hydrogen-bond acceptors (Lipinski definition) is 4. The molecule has 0 aliphatic rings. The van der Waals surface area contributed by atoms with Gasteiger partial charge in [0.15, 0.2) is 0 Å². The Labute approximate surface area is 82.6 Å². The molecule has 0 amide bonds. The van der Waals surface area contributed by atoms with Gasteiger partial charge in [0.05, 0.1) is 0 Å². The molecule has 0 aromatic heterocycles. The van der Waals surface area contributed by atoms with Crippen molar-refractivity contribution in [1.29, 1.82) is 10.8 Å². The van der Waals surface area contributed by atoms with E-state index in [0.29, 0.717) is 0 Å². The highest BCUT2D eigenvalue weighted by molar-refractivity contribution is 5.26. The van der Waals surface area contributed by atoms with Crippen molar-refractivity contribution in [3.63, 3.8) is 0 Å². The van der Waals surface area contributed by atoms with Crippen LogP contribution in [0.4, 0.5) is 0 Å². The normalized spacial score (nSPS) is 6.43. The first-order valence-electron chi connectivity index (χ1n) is 3.74. The Bertz CT molecular complexity index is 290. The van der Waals surface area contributed by atoms with Crippen LogP contribution in [0.3, 0.4) is 0 Å². The van der Waals surface area contributed by atoms with Crippen molar-refractivity contribution in [1.82, 2.24) is 0 Å². The molecule has 1 aromatic rings. The first-order valence-corrected chi connectivity index (χ1v) is 3.74. The summed E-state index contributed by atoms with van der Waals surface area (Å²) in [6.07, 6.45) is 1.50. The number of benzene rings is 1. The van der Waals surface area contributed by atoms with E-state index >= 15 is 0 Å². The van der Waals surface area contributed by atoms with Gasteiger partial charge in [-0.2, -0.15) is 0 Å². The minimum Gasteiger partial charge on any atom is -0.222 e. The maximum atomic E-state index is 8.35. The maximum Gasteiger partial charge on any atom is 0.231 e. The molecule has 0 spiro atoms. The van der Waals surface area contributed by atoms with Crippen LogP contribution in [-0.4, -0.2) is 12.2 Å². The number of rotatable bonds is 0. The Hall–Kier alpha value is -2.02. The highest BCUT2D eigenvalue weighted by atomic mass is 16.1. The van der Waals surface area contributed by atoms with E-state index in [2.05, 4.69) is 38.1 Å². The van der Waals surface area contributed by atoms with E-state index in [-0.39, 0.29) is 0 Å². The lowest BCUT2D eigenvalue weighted by Gasteiger charge is -1.93. The molecular formula is C10H12N2O2. The molecule has 0 atom stereocenters. The van der Waals surface area contributed by atoms with Crippen LogP contribution >= 0.6 is 0 Å². The predicted molar refractivity (Wildman–Crippen MR) is 52.7 cm³/mol. The molecule has 4 heteroatoms. The second-order valence-electron chi connectivity index (χ2n) is 2.29. The van der Waals surface area contributed by atoms with Crippen LogP contribution in [0.5, 0.6) is 0 Å². The fourth-order valence-corrected chi connectivity index (χ4v) is 0.663. The van der Waals surface area contributed by atoms with Gasteiger partial charge in [0.1, 0.15) is 0 Å². The smallest absolute Gasteiger partial charge is 0.222 e. The largest absolute Gasteiger partial charge is 0.231 e. The lowest BCUT2D eigenvalue weighted by Crippen LogP contribution is -1.74. The quantitative estimate of drug-likeness (QED) is 0.487. The van der Waals surface area contributed by atoms with E-state index in [1.807, 2.05) is 0 Å². The molecule has 0 aliphatic heterocycles. The summed E-state index contributed by atoms with van der Waals surface area (Å²) in [5.74, 6) is 0. The summed E-state index contributed by atoms with van der Waals surface area (Å²) in [5, 5.41) is 10.8. The van der Waals surface area contributed by atoms with Crippen molar-refractivity contribution >= 4 is 12.2 Å². The first-order chi connectivity index (χ1) is 6.63. The van der Waals surface area contributed by atoms with Gasteiger partial charge in [0.25, 0.3) is 0 Å². The molecular weight excluding hydrogens is 180 g/mol. The zero-order valence-electron chi connectivity index (χ0n) is 8.13. The van der Waals surface area contributed by atoms with Crippen LogP contribution in [0, 0.1) is 24.7 Å². The molecule has 0 aliphatic carbocycles. The molecule has 4 nitrogen and oxygen atoms in total. The minimum absolute atomic E-state index is 0.750. The Balaban J connectivity index is 0. The van der Waals surface area contributed by atoms with E-state index in [9.17, 15) is 0 Å². The molecule has 0 radical (unpaired) electrons. The molecule has 1 rings (SSSR count). The van der Waals surface area contributed by atoms with Gasteiger partial charge in [-0.1, -0.05) is 24.3 Å². The zero-order valence-corrected chi connectivity index (χ0v) is 8.13. The summed E-state index contributed by atoms with van der Waals surface area (Å²) < 4.78 is 0. The fraction of sp³-hybridized carbons (Fsp3) is 0.200. The minimum atomic E-state index is 0.750. The van der Waals surface area contributed by atoms with Gasteiger partial charge in [-0.15, -0.1) is 0 Å². The van der Waals surface area contributed by atoms with Crippen molar-refractivity contribution in [3.8, 4) is 0 Å². The fourth-order valence-electron chi connectivity index (χ4n) is 0.663. The molecule has 0 unspecified atom stereocenters. The van der Waals surface area contributed by atoms with Crippen molar-refractivity contribution in [2.24, 2.45) is 0 Å². The van der Waals surface area contributed by atoms with E-state index in [1.165, 1.54) is 11.1 Å².